The number of phenols is 1. The molecule has 2 aromatic rings. The fraction of sp³-hybridized carbons (Fsp3) is 0.167. The highest BCUT2D eigenvalue weighted by Crippen LogP contribution is 2.21. The van der Waals surface area contributed by atoms with Crippen molar-refractivity contribution in [2.24, 2.45) is 0 Å². The molecule has 0 aliphatic heterocycles. The first-order chi connectivity index (χ1) is 7.25. The van der Waals surface area contributed by atoms with Gasteiger partial charge in [0.2, 0.25) is 0 Å². The second kappa shape index (κ2) is 4.09. The summed E-state index contributed by atoms with van der Waals surface area (Å²) >= 11 is 0. The maximum Gasteiger partial charge on any atom is 0.122 e. The summed E-state index contributed by atoms with van der Waals surface area (Å²) in [5.74, 6) is 1.18. The number of aryl methyl sites for hydroxylation is 1. The number of furan rings is 1. The van der Waals surface area contributed by atoms with Crippen molar-refractivity contribution >= 4 is 5.69 Å². The van der Waals surface area contributed by atoms with Crippen LogP contribution in [0.3, 0.4) is 0 Å². The van der Waals surface area contributed by atoms with Gasteiger partial charge in [-0.2, -0.15) is 0 Å². The lowest BCUT2D eigenvalue weighted by Gasteiger charge is -2.06. The van der Waals surface area contributed by atoms with Crippen LogP contribution in [0.25, 0.3) is 0 Å². The van der Waals surface area contributed by atoms with Gasteiger partial charge in [-0.15, -0.1) is 0 Å². The van der Waals surface area contributed by atoms with E-state index in [1.165, 1.54) is 0 Å². The number of phenolic OH excluding ortho intramolecular Hbond substituents is 1. The number of aromatic hydroxyl groups is 1. The maximum atomic E-state index is 9.49. The van der Waals surface area contributed by atoms with Crippen molar-refractivity contribution in [1.82, 2.24) is 0 Å². The Morgan fingerprint density at radius 1 is 1.33 bits per heavy atom. The van der Waals surface area contributed by atoms with Crippen molar-refractivity contribution in [3.05, 3.63) is 47.9 Å². The van der Waals surface area contributed by atoms with E-state index in [1.807, 2.05) is 31.2 Å². The zero-order valence-corrected chi connectivity index (χ0v) is 8.53. The molecule has 3 heteroatoms. The largest absolute Gasteiger partial charge is 0.508 e. The molecule has 1 aromatic carbocycles. The molecule has 0 fully saturated rings. The highest BCUT2D eigenvalue weighted by Gasteiger charge is 1.99. The second-order valence-corrected chi connectivity index (χ2v) is 3.43. The lowest BCUT2D eigenvalue weighted by molar-refractivity contribution is 0.471. The normalized spacial score (nSPS) is 10.2. The Morgan fingerprint density at radius 2 is 2.20 bits per heavy atom. The number of nitrogens with one attached hydrogen (secondary N) is 1. The van der Waals surface area contributed by atoms with Crippen LogP contribution in [0.1, 0.15) is 11.3 Å². The zero-order valence-electron chi connectivity index (χ0n) is 8.53. The van der Waals surface area contributed by atoms with E-state index in [2.05, 4.69) is 5.32 Å². The van der Waals surface area contributed by atoms with Gasteiger partial charge in [0.25, 0.3) is 0 Å². The van der Waals surface area contributed by atoms with Gasteiger partial charge in [0.15, 0.2) is 0 Å². The highest BCUT2D eigenvalue weighted by molar-refractivity contribution is 5.50. The predicted molar refractivity (Wildman–Crippen MR) is 58.9 cm³/mol. The van der Waals surface area contributed by atoms with E-state index in [1.54, 1.807) is 12.3 Å². The van der Waals surface area contributed by atoms with Crippen molar-refractivity contribution in [3.8, 4) is 5.75 Å². The summed E-state index contributed by atoms with van der Waals surface area (Å²) in [5, 5.41) is 12.7. The SMILES string of the molecule is Cc1ccc(NCc2ccco2)cc1O. The minimum Gasteiger partial charge on any atom is -0.508 e. The van der Waals surface area contributed by atoms with Gasteiger partial charge in [-0.1, -0.05) is 6.07 Å². The minimum absolute atomic E-state index is 0.305. The first-order valence-corrected chi connectivity index (χ1v) is 4.81. The Balaban J connectivity index is 2.02. The zero-order chi connectivity index (χ0) is 10.7. The Morgan fingerprint density at radius 3 is 2.87 bits per heavy atom. The average molecular weight is 203 g/mol. The summed E-state index contributed by atoms with van der Waals surface area (Å²) in [4.78, 5) is 0. The van der Waals surface area contributed by atoms with Gasteiger partial charge in [-0.3, -0.25) is 0 Å². The van der Waals surface area contributed by atoms with E-state index in [0.717, 1.165) is 17.0 Å². The third kappa shape index (κ3) is 2.31. The lowest BCUT2D eigenvalue weighted by Crippen LogP contribution is -1.97. The quantitative estimate of drug-likeness (QED) is 0.806. The first kappa shape index (κ1) is 9.65. The summed E-state index contributed by atoms with van der Waals surface area (Å²) in [6.45, 7) is 2.49. The first-order valence-electron chi connectivity index (χ1n) is 4.81. The summed E-state index contributed by atoms with van der Waals surface area (Å²) in [6, 6.07) is 9.26. The number of hydrogen-bond donors (Lipinski definition) is 2. The number of anilines is 1. The van der Waals surface area contributed by atoms with Crippen LogP contribution in [-0.4, -0.2) is 5.11 Å². The van der Waals surface area contributed by atoms with Crippen LogP contribution in [0, 0.1) is 6.92 Å². The van der Waals surface area contributed by atoms with Gasteiger partial charge in [0, 0.05) is 11.8 Å². The van der Waals surface area contributed by atoms with E-state index >= 15 is 0 Å². The van der Waals surface area contributed by atoms with Gasteiger partial charge in [-0.25, -0.2) is 0 Å². The molecule has 0 bridgehead atoms. The molecule has 78 valence electrons. The molecule has 2 N–H and O–H groups in total. The van der Waals surface area contributed by atoms with Gasteiger partial charge in [-0.05, 0) is 30.7 Å². The lowest BCUT2D eigenvalue weighted by atomic mass is 10.2. The summed E-state index contributed by atoms with van der Waals surface area (Å²) in [5.41, 5.74) is 1.76. The van der Waals surface area contributed by atoms with Crippen LogP contribution >= 0.6 is 0 Å². The number of benzene rings is 1. The maximum absolute atomic E-state index is 9.49. The van der Waals surface area contributed by atoms with Crippen molar-refractivity contribution in [2.45, 2.75) is 13.5 Å². The number of hydrogen-bond acceptors (Lipinski definition) is 3. The molecule has 0 radical (unpaired) electrons. The predicted octanol–water partition coefficient (Wildman–Crippen LogP) is 2.91. The second-order valence-electron chi connectivity index (χ2n) is 3.43. The molecule has 0 amide bonds. The van der Waals surface area contributed by atoms with Crippen molar-refractivity contribution in [2.75, 3.05) is 5.32 Å². The van der Waals surface area contributed by atoms with Gasteiger partial charge in [0.05, 0.1) is 12.8 Å². The Hall–Kier alpha value is -1.90. The molecule has 0 saturated heterocycles. The fourth-order valence-electron chi connectivity index (χ4n) is 1.32. The summed E-state index contributed by atoms with van der Waals surface area (Å²) < 4.78 is 5.18. The van der Waals surface area contributed by atoms with E-state index in [9.17, 15) is 5.11 Å². The van der Waals surface area contributed by atoms with Crippen molar-refractivity contribution in [1.29, 1.82) is 0 Å². The molecule has 0 aliphatic carbocycles. The molecule has 1 heterocycles. The van der Waals surface area contributed by atoms with Crippen molar-refractivity contribution < 1.29 is 9.52 Å². The third-order valence-corrected chi connectivity index (χ3v) is 2.26. The van der Waals surface area contributed by atoms with Gasteiger partial charge in [0.1, 0.15) is 11.5 Å². The van der Waals surface area contributed by atoms with Crippen LogP contribution in [0.4, 0.5) is 5.69 Å². The molecule has 0 unspecified atom stereocenters. The summed E-state index contributed by atoms with van der Waals surface area (Å²) in [7, 11) is 0. The molecule has 3 nitrogen and oxygen atoms in total. The van der Waals surface area contributed by atoms with Crippen LogP contribution < -0.4 is 5.32 Å². The van der Waals surface area contributed by atoms with Crippen LogP contribution in [-0.2, 0) is 6.54 Å². The van der Waals surface area contributed by atoms with Crippen LogP contribution in [0.5, 0.6) is 5.75 Å². The van der Waals surface area contributed by atoms with Crippen LogP contribution in [0.2, 0.25) is 0 Å². The Bertz CT molecular complexity index is 435. The Labute approximate surface area is 88.4 Å². The molecule has 0 atom stereocenters. The summed E-state index contributed by atoms with van der Waals surface area (Å²) in [6.07, 6.45) is 1.64. The molecular formula is C12H13NO2. The average Bonchev–Trinajstić information content (AvgIpc) is 2.73. The van der Waals surface area contributed by atoms with E-state index < -0.39 is 0 Å². The van der Waals surface area contributed by atoms with Crippen LogP contribution in [0.15, 0.2) is 41.0 Å². The molecule has 1 aromatic heterocycles. The standard InChI is InChI=1S/C12H13NO2/c1-9-4-5-10(7-12(9)14)13-8-11-3-2-6-15-11/h2-7,13-14H,8H2,1H3. The monoisotopic (exact) mass is 203 g/mol. The van der Waals surface area contributed by atoms with Gasteiger partial charge < -0.3 is 14.8 Å². The highest BCUT2D eigenvalue weighted by atomic mass is 16.3. The molecule has 0 aliphatic rings. The fourth-order valence-corrected chi connectivity index (χ4v) is 1.32. The van der Waals surface area contributed by atoms with E-state index in [4.69, 9.17) is 4.42 Å². The molecular weight excluding hydrogens is 190 g/mol. The van der Waals surface area contributed by atoms with Gasteiger partial charge >= 0.3 is 0 Å². The van der Waals surface area contributed by atoms with Crippen molar-refractivity contribution in [3.63, 3.8) is 0 Å². The van der Waals surface area contributed by atoms with E-state index in [-0.39, 0.29) is 0 Å². The van der Waals surface area contributed by atoms with E-state index in [0.29, 0.717) is 12.3 Å². The molecule has 2 rings (SSSR count). The topological polar surface area (TPSA) is 45.4 Å². The third-order valence-electron chi connectivity index (χ3n) is 2.26. The molecule has 0 saturated carbocycles. The molecule has 15 heavy (non-hydrogen) atoms. The Kier molecular flexibility index (Phi) is 2.63. The number of rotatable bonds is 3. The minimum atomic E-state index is 0.305. The molecule has 0 spiro atoms. The smallest absolute Gasteiger partial charge is 0.122 e.